The molecule has 1 aliphatic carbocycles. The molecule has 0 amide bonds. The molecule has 0 fully saturated rings. The van der Waals surface area contributed by atoms with Crippen molar-refractivity contribution in [1.29, 1.82) is 0 Å². The van der Waals surface area contributed by atoms with Crippen LogP contribution >= 0.6 is 11.6 Å². The second-order valence-corrected chi connectivity index (χ2v) is 7.08. The van der Waals surface area contributed by atoms with Crippen molar-refractivity contribution < 1.29 is 23.3 Å². The summed E-state index contributed by atoms with van der Waals surface area (Å²) in [6.45, 7) is 11.7. The van der Waals surface area contributed by atoms with Gasteiger partial charge in [-0.05, 0) is 12.1 Å². The van der Waals surface area contributed by atoms with E-state index in [9.17, 15) is 0 Å². The zero-order chi connectivity index (χ0) is 20.0. The maximum atomic E-state index is 5.89. The number of benzene rings is 2. The predicted octanol–water partition coefficient (Wildman–Crippen LogP) is 8.12. The topological polar surface area (TPSA) is 0 Å². The van der Waals surface area contributed by atoms with E-state index in [1.165, 1.54) is 62.0 Å². The average Bonchev–Trinajstić information content (AvgIpc) is 3.22. The van der Waals surface area contributed by atoms with Gasteiger partial charge in [-0.3, -0.25) is 6.08 Å². The molecule has 3 heteroatoms. The minimum absolute atomic E-state index is 0. The summed E-state index contributed by atoms with van der Waals surface area (Å²) in [5.74, 6) is 0.560. The second kappa shape index (κ2) is 13.3. The summed E-state index contributed by atoms with van der Waals surface area (Å²) in [7, 11) is 0. The van der Waals surface area contributed by atoms with Gasteiger partial charge in [-0.2, -0.15) is 11.1 Å². The Morgan fingerprint density at radius 2 is 1.55 bits per heavy atom. The Labute approximate surface area is 199 Å². The van der Waals surface area contributed by atoms with Gasteiger partial charge in [0.15, 0.2) is 0 Å². The fraction of sp³-hybridized carbons (Fsp3) is 0.192. The van der Waals surface area contributed by atoms with E-state index >= 15 is 0 Å². The van der Waals surface area contributed by atoms with Crippen molar-refractivity contribution in [3.8, 4) is 11.1 Å². The summed E-state index contributed by atoms with van der Waals surface area (Å²) in [5.41, 5.74) is 6.73. The van der Waals surface area contributed by atoms with Crippen molar-refractivity contribution in [2.75, 3.05) is 0 Å². The Kier molecular flexibility index (Phi) is 12.8. The van der Waals surface area contributed by atoms with Crippen LogP contribution in [0.4, 0.5) is 0 Å². The van der Waals surface area contributed by atoms with Gasteiger partial charge in [0.25, 0.3) is 0 Å². The van der Waals surface area contributed by atoms with Crippen LogP contribution in [0.5, 0.6) is 0 Å². The normalized spacial score (nSPS) is 14.5. The predicted molar refractivity (Wildman–Crippen MR) is 129 cm³/mol. The summed E-state index contributed by atoms with van der Waals surface area (Å²) in [6.07, 6.45) is 3.36. The van der Waals surface area contributed by atoms with E-state index in [4.69, 9.17) is 11.6 Å². The van der Waals surface area contributed by atoms with Crippen LogP contribution < -0.4 is 0 Å². The van der Waals surface area contributed by atoms with Crippen molar-refractivity contribution in [1.82, 2.24) is 0 Å². The molecule has 0 nitrogen and oxygen atoms in total. The molecule has 0 N–H and O–H groups in total. The molecule has 0 spiro atoms. The Bertz CT molecular complexity index is 964. The first kappa shape index (κ1) is 27.9. The molecule has 0 aliphatic heterocycles. The van der Waals surface area contributed by atoms with Crippen molar-refractivity contribution in [2.45, 2.75) is 27.7 Å². The van der Waals surface area contributed by atoms with Gasteiger partial charge >= 0.3 is 30.2 Å². The molecule has 0 saturated carbocycles. The molecule has 3 aromatic carbocycles. The molecule has 29 heavy (non-hydrogen) atoms. The van der Waals surface area contributed by atoms with Crippen molar-refractivity contribution >= 4 is 29.3 Å². The summed E-state index contributed by atoms with van der Waals surface area (Å²) in [4.78, 5) is 0. The van der Waals surface area contributed by atoms with Crippen LogP contribution in [0, 0.1) is 26.8 Å². The van der Waals surface area contributed by atoms with Crippen molar-refractivity contribution in [3.05, 3.63) is 103 Å². The number of allylic oxidation sites excluding steroid dienone is 4. The molecule has 4 rings (SSSR count). The fourth-order valence-electron chi connectivity index (χ4n) is 3.19. The molecule has 0 saturated heterocycles. The molecule has 1 atom stereocenters. The van der Waals surface area contributed by atoms with Gasteiger partial charge in [0.2, 0.25) is 0 Å². The third kappa shape index (κ3) is 6.99. The monoisotopic (exact) mass is 494 g/mol. The fourth-order valence-corrected chi connectivity index (χ4v) is 3.32. The molecule has 0 bridgehead atoms. The van der Waals surface area contributed by atoms with E-state index in [0.29, 0.717) is 5.92 Å². The zero-order valence-corrected chi connectivity index (χ0v) is 22.4. The Morgan fingerprint density at radius 3 is 2.03 bits per heavy atom. The third-order valence-corrected chi connectivity index (χ3v) is 5.32. The number of fused-ring (bicyclic) bond motifs is 1. The number of halogens is 1. The van der Waals surface area contributed by atoms with Gasteiger partial charge in [-0.25, -0.2) is 5.57 Å². The molecule has 0 heterocycles. The van der Waals surface area contributed by atoms with Gasteiger partial charge in [0, 0.05) is 5.02 Å². The van der Waals surface area contributed by atoms with Gasteiger partial charge in [0.1, 0.15) is 0 Å². The van der Waals surface area contributed by atoms with Crippen LogP contribution in [-0.4, -0.2) is 6.88 Å². The maximum absolute atomic E-state index is 5.89. The SMILES string of the molecule is CC1=[C-]C(C)C(C)=C1C.Clc1ccc(-c2c[cH-]c3ccccc23)cc1.[CH3-].[CH3-].[Si]=[Zr]. The van der Waals surface area contributed by atoms with Crippen LogP contribution in [0.3, 0.4) is 0 Å². The molecule has 2 radical (unpaired) electrons. The molecule has 152 valence electrons. The number of hydrogen-bond donors (Lipinski definition) is 0. The van der Waals surface area contributed by atoms with Crippen LogP contribution in [0.15, 0.2) is 77.4 Å². The molecular formula is C26H29ClSiZr-4. The Balaban J connectivity index is 0.000000524. The first-order valence-electron chi connectivity index (χ1n) is 8.90. The van der Waals surface area contributed by atoms with Crippen LogP contribution in [-0.2, 0) is 23.3 Å². The standard InChI is InChI=1S/C15H10Cl.C9H13.2CH3.Si.Zr/c16-13-8-5-12(6-9-13)15-10-7-11-3-1-2-4-14(11)15;1-6-5-7(2)9(4)8(6)3;;;;/h1-10H;6H,1-4H3;2*1H3;;/q4*-1;;. The van der Waals surface area contributed by atoms with E-state index in [2.05, 4.69) is 89.2 Å². The first-order valence-corrected chi connectivity index (χ1v) is 13.5. The number of hydrogen-bond acceptors (Lipinski definition) is 0. The summed E-state index contributed by atoms with van der Waals surface area (Å²) < 4.78 is 0. The van der Waals surface area contributed by atoms with E-state index in [1.807, 2.05) is 12.1 Å². The summed E-state index contributed by atoms with van der Waals surface area (Å²) in [6, 6.07) is 20.7. The quantitative estimate of drug-likeness (QED) is 0.236. The molecule has 3 aromatic rings. The van der Waals surface area contributed by atoms with Crippen LogP contribution in [0.2, 0.25) is 5.02 Å². The minimum atomic E-state index is 0. The third-order valence-electron chi connectivity index (χ3n) is 5.07. The van der Waals surface area contributed by atoms with Crippen molar-refractivity contribution in [3.63, 3.8) is 0 Å². The van der Waals surface area contributed by atoms with Crippen molar-refractivity contribution in [2.24, 2.45) is 5.92 Å². The average molecular weight is 496 g/mol. The van der Waals surface area contributed by atoms with Gasteiger partial charge < -0.3 is 14.9 Å². The van der Waals surface area contributed by atoms with Gasteiger partial charge in [-0.15, -0.1) is 53.6 Å². The van der Waals surface area contributed by atoms with Crippen LogP contribution in [0.1, 0.15) is 27.7 Å². The molecular weight excluding hydrogens is 467 g/mol. The van der Waals surface area contributed by atoms with E-state index in [0.717, 1.165) is 5.02 Å². The Hall–Kier alpha value is -1.08. The van der Waals surface area contributed by atoms with Gasteiger partial charge in [0.05, 0.1) is 0 Å². The number of rotatable bonds is 1. The van der Waals surface area contributed by atoms with E-state index in [1.54, 1.807) is 0 Å². The molecule has 1 aliphatic rings. The van der Waals surface area contributed by atoms with Gasteiger partial charge in [-0.1, -0.05) is 62.1 Å². The molecule has 1 unspecified atom stereocenters. The van der Waals surface area contributed by atoms with E-state index in [-0.39, 0.29) is 14.9 Å². The van der Waals surface area contributed by atoms with E-state index < -0.39 is 0 Å². The summed E-state index contributed by atoms with van der Waals surface area (Å²) >= 11 is 7.25. The molecule has 0 aromatic heterocycles. The first-order chi connectivity index (χ1) is 13.0. The second-order valence-electron chi connectivity index (χ2n) is 6.64. The zero-order valence-electron chi connectivity index (χ0n) is 18.2. The van der Waals surface area contributed by atoms with Crippen LogP contribution in [0.25, 0.3) is 21.9 Å². The summed E-state index contributed by atoms with van der Waals surface area (Å²) in [5, 5.41) is 3.36. The Morgan fingerprint density at radius 1 is 0.966 bits per heavy atom.